The van der Waals surface area contributed by atoms with Crippen LogP contribution in [0.3, 0.4) is 0 Å². The van der Waals surface area contributed by atoms with Gasteiger partial charge in [0, 0.05) is 24.9 Å². The highest BCUT2D eigenvalue weighted by atomic mass is 32.1. The zero-order valence-corrected chi connectivity index (χ0v) is 14.5. The molecule has 0 fully saturated rings. The number of anilines is 1. The van der Waals surface area contributed by atoms with Crippen molar-refractivity contribution in [3.63, 3.8) is 0 Å². The van der Waals surface area contributed by atoms with Gasteiger partial charge >= 0.3 is 0 Å². The van der Waals surface area contributed by atoms with E-state index in [-0.39, 0.29) is 11.7 Å². The Kier molecular flexibility index (Phi) is 3.76. The number of halogens is 1. The lowest BCUT2D eigenvalue weighted by atomic mass is 10.2. The summed E-state index contributed by atoms with van der Waals surface area (Å²) in [7, 11) is 1.83. The molecule has 0 unspecified atom stereocenters. The van der Waals surface area contributed by atoms with Gasteiger partial charge in [-0.05, 0) is 19.1 Å². The summed E-state index contributed by atoms with van der Waals surface area (Å²) in [6.45, 7) is 2.56. The predicted octanol–water partition coefficient (Wildman–Crippen LogP) is 3.03. The number of benzene rings is 1. The molecule has 3 heterocycles. The molecule has 1 amide bonds. The van der Waals surface area contributed by atoms with Gasteiger partial charge in [-0.1, -0.05) is 0 Å². The number of carbonyl (C=O) groups is 1. The van der Waals surface area contributed by atoms with E-state index in [1.54, 1.807) is 21.8 Å². The highest BCUT2D eigenvalue weighted by Crippen LogP contribution is 2.35. The Labute approximate surface area is 147 Å². The van der Waals surface area contributed by atoms with Crippen LogP contribution >= 0.6 is 11.3 Å². The zero-order chi connectivity index (χ0) is 17.6. The largest absolute Gasteiger partial charge is 0.489 e. The fourth-order valence-corrected chi connectivity index (χ4v) is 3.77. The number of nitrogens with zero attached hydrogens (tertiary/aromatic N) is 4. The number of rotatable bonds is 2. The summed E-state index contributed by atoms with van der Waals surface area (Å²) >= 11 is 1.33. The lowest BCUT2D eigenvalue weighted by Gasteiger charge is -2.29. The van der Waals surface area contributed by atoms with Gasteiger partial charge in [0.2, 0.25) is 0 Å². The highest BCUT2D eigenvalue weighted by molar-refractivity contribution is 7.17. The van der Waals surface area contributed by atoms with Gasteiger partial charge in [-0.25, -0.2) is 9.37 Å². The quantitative estimate of drug-likeness (QED) is 0.706. The van der Waals surface area contributed by atoms with Crippen molar-refractivity contribution in [1.29, 1.82) is 0 Å². The molecule has 4 rings (SSSR count). The second-order valence-corrected chi connectivity index (χ2v) is 6.75. The fraction of sp³-hybridized carbons (Fsp3) is 0.235. The molecule has 6 nitrogen and oxygen atoms in total. The van der Waals surface area contributed by atoms with Crippen LogP contribution in [-0.2, 0) is 7.05 Å². The molecule has 0 saturated carbocycles. The smallest absolute Gasteiger partial charge is 0.270 e. The number of thiazole rings is 1. The van der Waals surface area contributed by atoms with E-state index in [1.807, 2.05) is 20.2 Å². The van der Waals surface area contributed by atoms with Gasteiger partial charge in [-0.15, -0.1) is 11.3 Å². The van der Waals surface area contributed by atoms with Crippen molar-refractivity contribution in [2.45, 2.75) is 6.92 Å². The van der Waals surface area contributed by atoms with E-state index in [0.29, 0.717) is 35.2 Å². The molecule has 8 heteroatoms. The first-order valence-corrected chi connectivity index (χ1v) is 8.55. The van der Waals surface area contributed by atoms with Gasteiger partial charge in [0.05, 0.1) is 24.1 Å². The van der Waals surface area contributed by atoms with Crippen molar-refractivity contribution >= 4 is 22.9 Å². The lowest BCUT2D eigenvalue weighted by Crippen LogP contribution is -2.37. The van der Waals surface area contributed by atoms with E-state index in [0.717, 1.165) is 10.6 Å². The predicted molar refractivity (Wildman–Crippen MR) is 92.6 cm³/mol. The van der Waals surface area contributed by atoms with Gasteiger partial charge in [0.1, 0.15) is 28.1 Å². The molecular formula is C17H15FN4O2S. The maximum Gasteiger partial charge on any atom is 0.270 e. The van der Waals surface area contributed by atoms with E-state index in [2.05, 4.69) is 10.1 Å². The van der Waals surface area contributed by atoms with E-state index >= 15 is 0 Å². The molecule has 128 valence electrons. The van der Waals surface area contributed by atoms with Crippen LogP contribution in [0.2, 0.25) is 0 Å². The Balaban J connectivity index is 1.70. The van der Waals surface area contributed by atoms with Crippen LogP contribution in [0.25, 0.3) is 10.6 Å². The number of carbonyl (C=O) groups excluding carboxylic acids is 1. The minimum atomic E-state index is -0.388. The second kappa shape index (κ2) is 5.96. The summed E-state index contributed by atoms with van der Waals surface area (Å²) in [4.78, 5) is 19.7. The minimum Gasteiger partial charge on any atom is -0.489 e. The molecule has 25 heavy (non-hydrogen) atoms. The van der Waals surface area contributed by atoms with Gasteiger partial charge in [0.25, 0.3) is 5.91 Å². The van der Waals surface area contributed by atoms with Gasteiger partial charge in [-0.3, -0.25) is 9.48 Å². The summed E-state index contributed by atoms with van der Waals surface area (Å²) in [6, 6.07) is 4.20. The average molecular weight is 358 g/mol. The van der Waals surface area contributed by atoms with Crippen molar-refractivity contribution in [1.82, 2.24) is 14.8 Å². The minimum absolute atomic E-state index is 0.152. The van der Waals surface area contributed by atoms with E-state index < -0.39 is 0 Å². The molecule has 0 saturated heterocycles. The molecule has 0 atom stereocenters. The molecule has 1 aromatic carbocycles. The Hall–Kier alpha value is -2.74. The number of amides is 1. The lowest BCUT2D eigenvalue weighted by molar-refractivity contribution is 0.0979. The Morgan fingerprint density at radius 1 is 1.40 bits per heavy atom. The Morgan fingerprint density at radius 3 is 3.00 bits per heavy atom. The summed E-state index contributed by atoms with van der Waals surface area (Å²) in [6.07, 6.45) is 3.58. The van der Waals surface area contributed by atoms with Crippen molar-refractivity contribution in [3.8, 4) is 16.3 Å². The normalized spacial score (nSPS) is 13.5. The van der Waals surface area contributed by atoms with Crippen LogP contribution in [0.4, 0.5) is 10.1 Å². The van der Waals surface area contributed by atoms with E-state index in [9.17, 15) is 9.18 Å². The van der Waals surface area contributed by atoms with Gasteiger partial charge < -0.3 is 9.64 Å². The number of fused-ring (bicyclic) bond motifs is 1. The maximum absolute atomic E-state index is 13.4. The molecule has 0 bridgehead atoms. The number of hydrogen-bond acceptors (Lipinski definition) is 5. The first-order chi connectivity index (χ1) is 12.0. The molecular weight excluding hydrogens is 343 g/mol. The number of aryl methyl sites for hydroxylation is 2. The SMILES string of the molecule is Cc1nc(-c2cnn(C)c2)sc1C(=O)N1CCOc2cc(F)ccc21. The number of hydrogen-bond donors (Lipinski definition) is 0. The third-order valence-corrected chi connectivity index (χ3v) is 5.17. The fourth-order valence-electron chi connectivity index (χ4n) is 2.78. The van der Waals surface area contributed by atoms with Crippen LogP contribution < -0.4 is 9.64 Å². The highest BCUT2D eigenvalue weighted by Gasteiger charge is 2.28. The van der Waals surface area contributed by atoms with E-state index in [1.165, 1.54) is 23.5 Å². The summed E-state index contributed by atoms with van der Waals surface area (Å²) in [5, 5.41) is 4.89. The monoisotopic (exact) mass is 358 g/mol. The molecule has 0 aliphatic carbocycles. The first kappa shape index (κ1) is 15.8. The standard InChI is InChI=1S/C17H15FN4O2S/c1-10-15(25-16(20-10)11-8-19-21(2)9-11)17(23)22-5-6-24-14-7-12(18)3-4-13(14)22/h3-4,7-9H,5-6H2,1-2H3. The second-order valence-electron chi connectivity index (χ2n) is 5.75. The third-order valence-electron chi connectivity index (χ3n) is 3.97. The zero-order valence-electron chi connectivity index (χ0n) is 13.7. The molecule has 3 aromatic rings. The average Bonchev–Trinajstić information content (AvgIpc) is 3.19. The molecule has 0 N–H and O–H groups in total. The van der Waals surface area contributed by atoms with E-state index in [4.69, 9.17) is 4.74 Å². The molecule has 1 aliphatic rings. The van der Waals surface area contributed by atoms with Crippen molar-refractivity contribution in [3.05, 3.63) is 47.0 Å². The van der Waals surface area contributed by atoms with Gasteiger partial charge in [0.15, 0.2) is 0 Å². The van der Waals surface area contributed by atoms with Gasteiger partial charge in [-0.2, -0.15) is 5.10 Å². The number of aromatic nitrogens is 3. The Morgan fingerprint density at radius 2 is 2.24 bits per heavy atom. The summed E-state index contributed by atoms with van der Waals surface area (Å²) < 4.78 is 20.6. The summed E-state index contributed by atoms with van der Waals surface area (Å²) in [5.41, 5.74) is 2.12. The molecule has 0 radical (unpaired) electrons. The third kappa shape index (κ3) is 2.78. The van der Waals surface area contributed by atoms with Crippen LogP contribution in [0.1, 0.15) is 15.4 Å². The number of ether oxygens (including phenoxy) is 1. The van der Waals surface area contributed by atoms with Crippen LogP contribution in [0, 0.1) is 12.7 Å². The topological polar surface area (TPSA) is 60.2 Å². The van der Waals surface area contributed by atoms with Crippen LogP contribution in [0.5, 0.6) is 5.75 Å². The molecule has 2 aromatic heterocycles. The molecule has 0 spiro atoms. The van der Waals surface area contributed by atoms with Crippen molar-refractivity contribution in [2.75, 3.05) is 18.1 Å². The van der Waals surface area contributed by atoms with Crippen molar-refractivity contribution < 1.29 is 13.9 Å². The van der Waals surface area contributed by atoms with Crippen molar-refractivity contribution in [2.24, 2.45) is 7.05 Å². The first-order valence-electron chi connectivity index (χ1n) is 7.73. The summed E-state index contributed by atoms with van der Waals surface area (Å²) in [5.74, 6) is -0.156. The Bertz CT molecular complexity index is 965. The maximum atomic E-state index is 13.4. The molecule has 1 aliphatic heterocycles. The van der Waals surface area contributed by atoms with Crippen LogP contribution in [0.15, 0.2) is 30.6 Å². The van der Waals surface area contributed by atoms with Crippen LogP contribution in [-0.4, -0.2) is 33.8 Å².